The van der Waals surface area contributed by atoms with Gasteiger partial charge in [-0.25, -0.2) is 0 Å². The molecule has 1 saturated heterocycles. The topological polar surface area (TPSA) is 26.3 Å². The number of esters is 1. The van der Waals surface area contributed by atoms with Crippen molar-refractivity contribution in [1.82, 2.24) is 0 Å². The van der Waals surface area contributed by atoms with E-state index in [1.807, 2.05) is 0 Å². The van der Waals surface area contributed by atoms with E-state index in [4.69, 9.17) is 4.74 Å². The third kappa shape index (κ3) is 4.06. The van der Waals surface area contributed by atoms with Crippen molar-refractivity contribution < 1.29 is 9.53 Å². The molecule has 1 atom stereocenters. The Balaban J connectivity index is 1.89. The maximum atomic E-state index is 11.0. The summed E-state index contributed by atoms with van der Waals surface area (Å²) >= 11 is 0. The molecule has 1 aliphatic heterocycles. The first-order valence-corrected chi connectivity index (χ1v) is 6.16. The average molecular weight is 210 g/mol. The Hall–Kier alpha value is -0.790. The van der Waals surface area contributed by atoms with Crippen LogP contribution in [0.25, 0.3) is 0 Å². The molecule has 0 radical (unpaired) electrons. The highest BCUT2D eigenvalue weighted by Crippen LogP contribution is 2.29. The minimum absolute atomic E-state index is 0.0145. The zero-order valence-corrected chi connectivity index (χ0v) is 9.76. The highest BCUT2D eigenvalue weighted by atomic mass is 16.6. The van der Waals surface area contributed by atoms with Gasteiger partial charge in [0.2, 0.25) is 0 Å². The fourth-order valence-corrected chi connectivity index (χ4v) is 1.93. The van der Waals surface area contributed by atoms with Gasteiger partial charge in [-0.05, 0) is 6.42 Å². The zero-order valence-electron chi connectivity index (χ0n) is 9.76. The summed E-state index contributed by atoms with van der Waals surface area (Å²) < 4.78 is 4.73. The number of unbranched alkanes of at least 4 members (excludes halogenated alkanes) is 6. The number of hydrogen-bond acceptors (Lipinski definition) is 2. The number of rotatable bonds is 8. The highest BCUT2D eigenvalue weighted by molar-refractivity contribution is 5.82. The second kappa shape index (κ2) is 6.65. The largest absolute Gasteiger partial charge is 0.430 e. The summed E-state index contributed by atoms with van der Waals surface area (Å²) in [5.41, 5.74) is 0. The number of ether oxygens (including phenoxy) is 1. The van der Waals surface area contributed by atoms with Gasteiger partial charge in [-0.2, -0.15) is 0 Å². The first-order valence-electron chi connectivity index (χ1n) is 6.16. The van der Waals surface area contributed by atoms with Gasteiger partial charge in [0.15, 0.2) is 0 Å². The van der Waals surface area contributed by atoms with Crippen LogP contribution in [0.2, 0.25) is 0 Å². The van der Waals surface area contributed by atoms with Gasteiger partial charge in [0.25, 0.3) is 0 Å². The lowest BCUT2D eigenvalue weighted by Gasteiger charge is -2.26. The molecule has 0 aromatic rings. The third-order valence-corrected chi connectivity index (χ3v) is 3.00. The summed E-state index contributed by atoms with van der Waals surface area (Å²) in [5.74, 6) is 0.609. The summed E-state index contributed by atoms with van der Waals surface area (Å²) in [5, 5.41) is 0. The van der Waals surface area contributed by atoms with Crippen molar-refractivity contribution in [3.8, 4) is 0 Å². The van der Waals surface area contributed by atoms with Crippen LogP contribution in [0.5, 0.6) is 0 Å². The molecule has 1 heterocycles. The van der Waals surface area contributed by atoms with Crippen LogP contribution in [-0.2, 0) is 9.53 Å². The van der Waals surface area contributed by atoms with Gasteiger partial charge in [0.1, 0.15) is 11.7 Å². The van der Waals surface area contributed by atoms with E-state index in [-0.39, 0.29) is 11.9 Å². The Morgan fingerprint density at radius 3 is 2.27 bits per heavy atom. The van der Waals surface area contributed by atoms with Crippen molar-refractivity contribution >= 4 is 5.97 Å². The van der Waals surface area contributed by atoms with Crippen molar-refractivity contribution in [2.24, 2.45) is 5.92 Å². The summed E-state index contributed by atoms with van der Waals surface area (Å²) in [7, 11) is 0. The highest BCUT2D eigenvalue weighted by Gasteiger charge is 2.34. The maximum Gasteiger partial charge on any atom is 0.321 e. The normalized spacial score (nSPS) is 19.9. The molecule has 2 heteroatoms. The quantitative estimate of drug-likeness (QED) is 0.450. The second-order valence-electron chi connectivity index (χ2n) is 4.35. The van der Waals surface area contributed by atoms with E-state index < -0.39 is 0 Å². The SMILES string of the molecule is C=C1OC(=O)C1CCCCCCCCC. The second-order valence-corrected chi connectivity index (χ2v) is 4.35. The molecule has 86 valence electrons. The molecule has 0 saturated carbocycles. The fourth-order valence-electron chi connectivity index (χ4n) is 1.93. The van der Waals surface area contributed by atoms with E-state index in [2.05, 4.69) is 13.5 Å². The van der Waals surface area contributed by atoms with E-state index in [9.17, 15) is 4.79 Å². The summed E-state index contributed by atoms with van der Waals surface area (Å²) in [6, 6.07) is 0. The van der Waals surface area contributed by atoms with E-state index in [1.54, 1.807) is 0 Å². The Labute approximate surface area is 92.7 Å². The Bertz CT molecular complexity index is 207. The Morgan fingerprint density at radius 1 is 1.13 bits per heavy atom. The van der Waals surface area contributed by atoms with Crippen LogP contribution in [0.4, 0.5) is 0 Å². The minimum atomic E-state index is -0.0778. The molecule has 1 unspecified atom stereocenters. The van der Waals surface area contributed by atoms with Crippen LogP contribution in [-0.4, -0.2) is 5.97 Å². The molecular weight excluding hydrogens is 188 g/mol. The molecule has 1 aliphatic rings. The van der Waals surface area contributed by atoms with E-state index in [0.717, 1.165) is 12.8 Å². The summed E-state index contributed by atoms with van der Waals surface area (Å²) in [6.45, 7) is 5.92. The zero-order chi connectivity index (χ0) is 11.1. The molecule has 1 rings (SSSR count). The van der Waals surface area contributed by atoms with Crippen molar-refractivity contribution in [2.75, 3.05) is 0 Å². The van der Waals surface area contributed by atoms with Gasteiger partial charge in [-0.1, -0.05) is 58.4 Å². The van der Waals surface area contributed by atoms with E-state index >= 15 is 0 Å². The predicted octanol–water partition coefficient (Wildman–Crippen LogP) is 3.81. The lowest BCUT2D eigenvalue weighted by Crippen LogP contribution is -2.31. The van der Waals surface area contributed by atoms with Crippen LogP contribution >= 0.6 is 0 Å². The van der Waals surface area contributed by atoms with Crippen molar-refractivity contribution in [2.45, 2.75) is 58.3 Å². The lowest BCUT2D eigenvalue weighted by atomic mass is 9.95. The first-order chi connectivity index (χ1) is 7.25. The number of carbonyl (C=O) groups excluding carboxylic acids is 1. The molecule has 0 N–H and O–H groups in total. The Kier molecular flexibility index (Phi) is 5.44. The van der Waals surface area contributed by atoms with Crippen LogP contribution < -0.4 is 0 Å². The lowest BCUT2D eigenvalue weighted by molar-refractivity contribution is -0.157. The van der Waals surface area contributed by atoms with Gasteiger partial charge >= 0.3 is 5.97 Å². The molecule has 15 heavy (non-hydrogen) atoms. The molecule has 0 amide bonds. The van der Waals surface area contributed by atoms with Crippen molar-refractivity contribution in [3.05, 3.63) is 12.3 Å². The van der Waals surface area contributed by atoms with Crippen LogP contribution in [0.15, 0.2) is 12.3 Å². The monoisotopic (exact) mass is 210 g/mol. The summed E-state index contributed by atoms with van der Waals surface area (Å²) in [6.07, 6.45) is 9.95. The molecule has 0 aromatic heterocycles. The molecule has 1 fully saturated rings. The molecule has 0 bridgehead atoms. The van der Waals surface area contributed by atoms with E-state index in [1.165, 1.54) is 38.5 Å². The minimum Gasteiger partial charge on any atom is -0.430 e. The van der Waals surface area contributed by atoms with Crippen LogP contribution in [0, 0.1) is 5.92 Å². The smallest absolute Gasteiger partial charge is 0.321 e. The van der Waals surface area contributed by atoms with Gasteiger partial charge in [0, 0.05) is 0 Å². The third-order valence-electron chi connectivity index (χ3n) is 3.00. The molecular formula is C13H22O2. The van der Waals surface area contributed by atoms with Crippen LogP contribution in [0.3, 0.4) is 0 Å². The molecule has 0 spiro atoms. The van der Waals surface area contributed by atoms with E-state index in [0.29, 0.717) is 5.76 Å². The summed E-state index contributed by atoms with van der Waals surface area (Å²) in [4.78, 5) is 11.0. The van der Waals surface area contributed by atoms with Crippen LogP contribution in [0.1, 0.15) is 58.3 Å². The average Bonchev–Trinajstić information content (AvgIpc) is 2.22. The van der Waals surface area contributed by atoms with Gasteiger partial charge in [-0.15, -0.1) is 0 Å². The standard InChI is InChI=1S/C13H22O2/c1-3-4-5-6-7-8-9-10-12-11(2)15-13(12)14/h12H,2-10H2,1H3. The molecule has 2 nitrogen and oxygen atoms in total. The molecule has 0 aliphatic carbocycles. The Morgan fingerprint density at radius 2 is 1.73 bits per heavy atom. The van der Waals surface area contributed by atoms with Crippen molar-refractivity contribution in [1.29, 1.82) is 0 Å². The van der Waals surface area contributed by atoms with Gasteiger partial charge in [0.05, 0.1) is 0 Å². The van der Waals surface area contributed by atoms with Gasteiger partial charge in [-0.3, -0.25) is 4.79 Å². The van der Waals surface area contributed by atoms with Gasteiger partial charge < -0.3 is 4.74 Å². The predicted molar refractivity (Wildman–Crippen MR) is 61.3 cm³/mol. The number of hydrogen-bond donors (Lipinski definition) is 0. The molecule has 0 aromatic carbocycles. The number of carbonyl (C=O) groups is 1. The number of cyclic esters (lactones) is 1. The fraction of sp³-hybridized carbons (Fsp3) is 0.769. The van der Waals surface area contributed by atoms with Crippen molar-refractivity contribution in [3.63, 3.8) is 0 Å². The maximum absolute atomic E-state index is 11.0. The first kappa shape index (κ1) is 12.3.